The number of nitrogens with zero attached hydrogens (tertiary/aromatic N) is 1. The maximum Gasteiger partial charge on any atom is 0.254 e. The van der Waals surface area contributed by atoms with E-state index >= 15 is 0 Å². The molecule has 0 radical (unpaired) electrons. The Balaban J connectivity index is 2.64. The maximum atomic E-state index is 11.7. The van der Waals surface area contributed by atoms with Crippen molar-refractivity contribution >= 4 is 5.91 Å². The number of rotatable bonds is 1. The molecular weight excluding hydrogens is 182 g/mol. The molecular formula is C10H19NO3. The minimum Gasteiger partial charge on any atom is -0.381 e. The first-order valence-corrected chi connectivity index (χ1v) is 4.98. The van der Waals surface area contributed by atoms with Crippen LogP contribution >= 0.6 is 0 Å². The van der Waals surface area contributed by atoms with Gasteiger partial charge in [0.15, 0.2) is 0 Å². The standard InChI is InChI=1S/C10H19NO3/c1-7-5-11(6-8(2)14-7)9(12)10(3,4)13/h7-8,13H,5-6H2,1-4H3/t7-,8+. The van der Waals surface area contributed by atoms with Crippen LogP contribution in [0.2, 0.25) is 0 Å². The van der Waals surface area contributed by atoms with Gasteiger partial charge in [-0.1, -0.05) is 0 Å². The maximum absolute atomic E-state index is 11.7. The van der Waals surface area contributed by atoms with Gasteiger partial charge in [0.25, 0.3) is 5.91 Å². The van der Waals surface area contributed by atoms with Crippen LogP contribution < -0.4 is 0 Å². The quantitative estimate of drug-likeness (QED) is 0.668. The van der Waals surface area contributed by atoms with Crippen LogP contribution in [0.3, 0.4) is 0 Å². The fourth-order valence-electron chi connectivity index (χ4n) is 1.73. The molecule has 0 aromatic carbocycles. The van der Waals surface area contributed by atoms with E-state index in [4.69, 9.17) is 4.74 Å². The van der Waals surface area contributed by atoms with Crippen LogP contribution in [0, 0.1) is 0 Å². The Morgan fingerprint density at radius 2 is 1.79 bits per heavy atom. The first-order chi connectivity index (χ1) is 6.30. The fraction of sp³-hybridized carbons (Fsp3) is 0.900. The number of carbonyl (C=O) groups is 1. The van der Waals surface area contributed by atoms with Crippen LogP contribution in [0.4, 0.5) is 0 Å². The summed E-state index contributed by atoms with van der Waals surface area (Å²) in [6.45, 7) is 8.02. The number of hydrogen-bond donors (Lipinski definition) is 1. The SMILES string of the molecule is C[C@@H]1CN(C(=O)C(C)(C)O)C[C@H](C)O1. The number of carbonyl (C=O) groups excluding carboxylic acids is 1. The third kappa shape index (κ3) is 2.69. The Morgan fingerprint density at radius 3 is 2.14 bits per heavy atom. The molecule has 0 saturated carbocycles. The Bertz CT molecular complexity index is 212. The second kappa shape index (κ2) is 3.87. The lowest BCUT2D eigenvalue weighted by atomic mass is 10.1. The largest absolute Gasteiger partial charge is 0.381 e. The van der Waals surface area contributed by atoms with E-state index in [0.717, 1.165) is 0 Å². The van der Waals surface area contributed by atoms with Crippen LogP contribution in [0.1, 0.15) is 27.7 Å². The molecule has 1 aliphatic rings. The molecule has 0 aromatic rings. The highest BCUT2D eigenvalue weighted by molar-refractivity contribution is 5.84. The second-order valence-corrected chi connectivity index (χ2v) is 4.53. The van der Waals surface area contributed by atoms with Crippen LogP contribution in [0.15, 0.2) is 0 Å². The van der Waals surface area contributed by atoms with E-state index in [1.807, 2.05) is 13.8 Å². The summed E-state index contributed by atoms with van der Waals surface area (Å²) < 4.78 is 5.50. The van der Waals surface area contributed by atoms with Crippen LogP contribution in [-0.4, -0.2) is 46.8 Å². The van der Waals surface area contributed by atoms with Crippen molar-refractivity contribution in [3.63, 3.8) is 0 Å². The minimum absolute atomic E-state index is 0.0463. The zero-order chi connectivity index (χ0) is 10.9. The van der Waals surface area contributed by atoms with Crippen molar-refractivity contribution in [2.75, 3.05) is 13.1 Å². The zero-order valence-corrected chi connectivity index (χ0v) is 9.28. The molecule has 2 atom stereocenters. The summed E-state index contributed by atoms with van der Waals surface area (Å²) in [7, 11) is 0. The summed E-state index contributed by atoms with van der Waals surface area (Å²) >= 11 is 0. The van der Waals surface area contributed by atoms with Gasteiger partial charge < -0.3 is 14.7 Å². The van der Waals surface area contributed by atoms with Gasteiger partial charge in [0.2, 0.25) is 0 Å². The van der Waals surface area contributed by atoms with E-state index in [1.54, 1.807) is 4.90 Å². The predicted octanol–water partition coefficient (Wildman–Crippen LogP) is 0.393. The molecule has 4 heteroatoms. The monoisotopic (exact) mass is 201 g/mol. The van der Waals surface area contributed by atoms with E-state index in [2.05, 4.69) is 0 Å². The van der Waals surface area contributed by atoms with Gasteiger partial charge >= 0.3 is 0 Å². The lowest BCUT2D eigenvalue weighted by molar-refractivity contribution is -0.159. The number of amides is 1. The van der Waals surface area contributed by atoms with Crippen LogP contribution in [-0.2, 0) is 9.53 Å². The Kier molecular flexibility index (Phi) is 3.17. The van der Waals surface area contributed by atoms with Gasteiger partial charge in [-0.25, -0.2) is 0 Å². The molecule has 1 fully saturated rings. The van der Waals surface area contributed by atoms with Crippen molar-refractivity contribution in [3.8, 4) is 0 Å². The molecule has 0 spiro atoms. The average Bonchev–Trinajstić information content (AvgIpc) is 1.99. The fourth-order valence-corrected chi connectivity index (χ4v) is 1.73. The summed E-state index contributed by atoms with van der Waals surface area (Å²) in [6.07, 6.45) is 0.0927. The molecule has 1 aliphatic heterocycles. The van der Waals surface area contributed by atoms with Crippen molar-refractivity contribution in [2.45, 2.75) is 45.5 Å². The van der Waals surface area contributed by atoms with E-state index in [-0.39, 0.29) is 18.1 Å². The topological polar surface area (TPSA) is 49.8 Å². The summed E-state index contributed by atoms with van der Waals surface area (Å²) in [6, 6.07) is 0. The van der Waals surface area contributed by atoms with E-state index in [0.29, 0.717) is 13.1 Å². The highest BCUT2D eigenvalue weighted by Gasteiger charge is 2.33. The lowest BCUT2D eigenvalue weighted by Crippen LogP contribution is -2.54. The third-order valence-electron chi connectivity index (χ3n) is 2.23. The second-order valence-electron chi connectivity index (χ2n) is 4.53. The summed E-state index contributed by atoms with van der Waals surface area (Å²) in [4.78, 5) is 13.4. The molecule has 1 rings (SSSR count). The van der Waals surface area contributed by atoms with Crippen molar-refractivity contribution < 1.29 is 14.6 Å². The van der Waals surface area contributed by atoms with Gasteiger partial charge in [0.1, 0.15) is 5.60 Å². The van der Waals surface area contributed by atoms with Crippen molar-refractivity contribution in [1.29, 1.82) is 0 Å². The van der Waals surface area contributed by atoms with Crippen LogP contribution in [0.5, 0.6) is 0 Å². The Labute approximate surface area is 84.8 Å². The molecule has 82 valence electrons. The third-order valence-corrected chi connectivity index (χ3v) is 2.23. The summed E-state index contributed by atoms with van der Waals surface area (Å²) in [5.74, 6) is -0.223. The Hall–Kier alpha value is -0.610. The van der Waals surface area contributed by atoms with Crippen LogP contribution in [0.25, 0.3) is 0 Å². The molecule has 0 bridgehead atoms. The lowest BCUT2D eigenvalue weighted by Gasteiger charge is -2.37. The Morgan fingerprint density at radius 1 is 1.36 bits per heavy atom. The number of ether oxygens (including phenoxy) is 1. The van der Waals surface area contributed by atoms with Gasteiger partial charge in [-0.3, -0.25) is 4.79 Å². The number of morpholine rings is 1. The summed E-state index contributed by atoms with van der Waals surface area (Å²) in [5.41, 5.74) is -1.28. The summed E-state index contributed by atoms with van der Waals surface area (Å²) in [5, 5.41) is 9.58. The van der Waals surface area contributed by atoms with Crippen molar-refractivity contribution in [1.82, 2.24) is 4.90 Å². The van der Waals surface area contributed by atoms with Gasteiger partial charge in [0.05, 0.1) is 12.2 Å². The van der Waals surface area contributed by atoms with Gasteiger partial charge in [-0.05, 0) is 27.7 Å². The zero-order valence-electron chi connectivity index (χ0n) is 9.28. The molecule has 1 saturated heterocycles. The molecule has 1 heterocycles. The predicted molar refractivity (Wildman–Crippen MR) is 52.9 cm³/mol. The minimum atomic E-state index is -1.28. The first-order valence-electron chi connectivity index (χ1n) is 4.98. The highest BCUT2D eigenvalue weighted by Crippen LogP contribution is 2.15. The molecule has 1 amide bonds. The highest BCUT2D eigenvalue weighted by atomic mass is 16.5. The van der Waals surface area contributed by atoms with Gasteiger partial charge in [-0.15, -0.1) is 0 Å². The molecule has 14 heavy (non-hydrogen) atoms. The van der Waals surface area contributed by atoms with E-state index < -0.39 is 5.60 Å². The molecule has 0 unspecified atom stereocenters. The van der Waals surface area contributed by atoms with E-state index in [9.17, 15) is 9.90 Å². The average molecular weight is 201 g/mol. The van der Waals surface area contributed by atoms with Gasteiger partial charge in [-0.2, -0.15) is 0 Å². The number of aliphatic hydroxyl groups is 1. The first kappa shape index (κ1) is 11.5. The smallest absolute Gasteiger partial charge is 0.254 e. The molecule has 0 aromatic heterocycles. The molecule has 4 nitrogen and oxygen atoms in total. The normalized spacial score (nSPS) is 29.1. The van der Waals surface area contributed by atoms with E-state index in [1.165, 1.54) is 13.8 Å². The van der Waals surface area contributed by atoms with Crippen molar-refractivity contribution in [3.05, 3.63) is 0 Å². The van der Waals surface area contributed by atoms with Crippen molar-refractivity contribution in [2.24, 2.45) is 0 Å². The molecule has 0 aliphatic carbocycles. The number of hydrogen-bond acceptors (Lipinski definition) is 3. The molecule has 1 N–H and O–H groups in total. The van der Waals surface area contributed by atoms with Gasteiger partial charge in [0, 0.05) is 13.1 Å².